The fraction of sp³-hybridized carbons (Fsp3) is 0.0357. The molecule has 35 heavy (non-hydrogen) atoms. The molecule has 5 nitrogen and oxygen atoms in total. The van der Waals surface area contributed by atoms with E-state index in [9.17, 15) is 9.59 Å². The van der Waals surface area contributed by atoms with Crippen LogP contribution in [0.2, 0.25) is 0 Å². The number of nitrogens with zero attached hydrogens (tertiary/aromatic N) is 1. The minimum Gasteiger partial charge on any atom is -0.452 e. The van der Waals surface area contributed by atoms with Crippen molar-refractivity contribution in [2.75, 3.05) is 11.9 Å². The number of carbonyl (C=O) groups excluding carboxylic acids is 2. The molecule has 172 valence electrons. The summed E-state index contributed by atoms with van der Waals surface area (Å²) in [7, 11) is 0. The zero-order chi connectivity index (χ0) is 24.4. The molecule has 0 saturated carbocycles. The number of ether oxygens (including phenoxy) is 1. The van der Waals surface area contributed by atoms with Crippen molar-refractivity contribution in [3.8, 4) is 11.3 Å². The molecular formula is C28H18Br2N2O3. The number of carbonyl (C=O) groups is 2. The lowest BCUT2D eigenvalue weighted by atomic mass is 9.99. The van der Waals surface area contributed by atoms with Gasteiger partial charge in [-0.3, -0.25) is 4.79 Å². The lowest BCUT2D eigenvalue weighted by molar-refractivity contribution is -0.119. The van der Waals surface area contributed by atoms with Crippen LogP contribution in [0.15, 0.2) is 99.9 Å². The molecular weight excluding hydrogens is 572 g/mol. The lowest BCUT2D eigenvalue weighted by Crippen LogP contribution is -2.21. The van der Waals surface area contributed by atoms with E-state index in [4.69, 9.17) is 9.72 Å². The first-order chi connectivity index (χ1) is 17.0. The molecule has 0 unspecified atom stereocenters. The molecule has 0 radical (unpaired) electrons. The number of nitrogens with one attached hydrogen (secondary N) is 1. The van der Waals surface area contributed by atoms with E-state index in [1.807, 2.05) is 78.9 Å². The highest BCUT2D eigenvalue weighted by Gasteiger charge is 2.18. The number of hydrogen-bond donors (Lipinski definition) is 1. The standard InChI is InChI=1S/C28H18Br2N2O3/c29-18-12-13-25(23(30)14-18)32-27(33)16-35-28(34)22-15-26(31-24-11-4-3-9-21(22)24)20-10-5-7-17-6-1-2-8-19(17)20/h1-15H,16H2,(H,32,33). The molecule has 5 aromatic rings. The summed E-state index contributed by atoms with van der Waals surface area (Å²) in [6.45, 7) is -0.415. The van der Waals surface area contributed by atoms with Gasteiger partial charge in [0.2, 0.25) is 0 Å². The monoisotopic (exact) mass is 588 g/mol. The molecule has 0 atom stereocenters. The van der Waals surface area contributed by atoms with Crippen LogP contribution in [0.3, 0.4) is 0 Å². The van der Waals surface area contributed by atoms with Gasteiger partial charge in [0.1, 0.15) is 0 Å². The van der Waals surface area contributed by atoms with Crippen LogP contribution in [0.4, 0.5) is 5.69 Å². The van der Waals surface area contributed by atoms with Gasteiger partial charge in [-0.25, -0.2) is 9.78 Å². The van der Waals surface area contributed by atoms with E-state index in [0.717, 1.165) is 20.8 Å². The molecule has 0 aliphatic heterocycles. The number of para-hydroxylation sites is 1. The Morgan fingerprint density at radius 1 is 0.829 bits per heavy atom. The van der Waals surface area contributed by atoms with Crippen LogP contribution in [0.25, 0.3) is 32.9 Å². The van der Waals surface area contributed by atoms with E-state index in [-0.39, 0.29) is 0 Å². The summed E-state index contributed by atoms with van der Waals surface area (Å²) >= 11 is 6.78. The second kappa shape index (κ2) is 9.98. The number of halogens is 2. The van der Waals surface area contributed by atoms with Crippen molar-refractivity contribution in [2.24, 2.45) is 0 Å². The highest BCUT2D eigenvalue weighted by atomic mass is 79.9. The van der Waals surface area contributed by atoms with E-state index in [1.165, 1.54) is 0 Å². The Labute approximate surface area is 218 Å². The fourth-order valence-electron chi connectivity index (χ4n) is 3.92. The predicted octanol–water partition coefficient (Wildman–Crippen LogP) is 7.38. The smallest absolute Gasteiger partial charge is 0.339 e. The van der Waals surface area contributed by atoms with Gasteiger partial charge in [0, 0.05) is 19.9 Å². The first-order valence-corrected chi connectivity index (χ1v) is 12.4. The summed E-state index contributed by atoms with van der Waals surface area (Å²) in [6, 6.07) is 28.5. The molecule has 4 aromatic carbocycles. The Bertz CT molecular complexity index is 1600. The first-order valence-electron chi connectivity index (χ1n) is 10.8. The van der Waals surface area contributed by atoms with E-state index in [0.29, 0.717) is 32.3 Å². The van der Waals surface area contributed by atoms with Crippen molar-refractivity contribution in [1.29, 1.82) is 0 Å². The van der Waals surface area contributed by atoms with E-state index in [2.05, 4.69) is 37.2 Å². The number of hydrogen-bond acceptors (Lipinski definition) is 4. The summed E-state index contributed by atoms with van der Waals surface area (Å²) < 4.78 is 7.00. The molecule has 1 heterocycles. The maximum atomic E-state index is 13.1. The van der Waals surface area contributed by atoms with Gasteiger partial charge < -0.3 is 10.1 Å². The highest BCUT2D eigenvalue weighted by molar-refractivity contribution is 9.11. The Kier molecular flexibility index (Phi) is 6.61. The zero-order valence-electron chi connectivity index (χ0n) is 18.3. The SMILES string of the molecule is O=C(COC(=O)c1cc(-c2cccc3ccccc23)nc2ccccc12)Nc1ccc(Br)cc1Br. The molecule has 0 aliphatic rings. The second-order valence-electron chi connectivity index (χ2n) is 7.85. The van der Waals surface area contributed by atoms with Crippen LogP contribution in [-0.2, 0) is 9.53 Å². The third-order valence-electron chi connectivity index (χ3n) is 5.54. The van der Waals surface area contributed by atoms with Crippen LogP contribution >= 0.6 is 31.9 Å². The van der Waals surface area contributed by atoms with Crippen molar-refractivity contribution in [2.45, 2.75) is 0 Å². The second-order valence-corrected chi connectivity index (χ2v) is 9.62. The van der Waals surface area contributed by atoms with Crippen molar-refractivity contribution in [1.82, 2.24) is 4.98 Å². The van der Waals surface area contributed by atoms with Crippen LogP contribution in [0.1, 0.15) is 10.4 Å². The van der Waals surface area contributed by atoms with Crippen molar-refractivity contribution >= 4 is 71.1 Å². The summed E-state index contributed by atoms with van der Waals surface area (Å²) in [5.74, 6) is -1.02. The quantitative estimate of drug-likeness (QED) is 0.217. The van der Waals surface area contributed by atoms with Gasteiger partial charge >= 0.3 is 5.97 Å². The number of anilines is 1. The number of esters is 1. The van der Waals surface area contributed by atoms with Gasteiger partial charge in [-0.1, -0.05) is 76.6 Å². The Balaban J connectivity index is 1.44. The van der Waals surface area contributed by atoms with Gasteiger partial charge in [0.05, 0.1) is 22.5 Å². The maximum absolute atomic E-state index is 13.1. The zero-order valence-corrected chi connectivity index (χ0v) is 21.5. The van der Waals surface area contributed by atoms with Crippen LogP contribution < -0.4 is 5.32 Å². The Morgan fingerprint density at radius 3 is 2.40 bits per heavy atom. The number of fused-ring (bicyclic) bond motifs is 2. The molecule has 0 bridgehead atoms. The van der Waals surface area contributed by atoms with Crippen LogP contribution in [0, 0.1) is 0 Å². The first kappa shape index (κ1) is 23.2. The maximum Gasteiger partial charge on any atom is 0.339 e. The Hall–Kier alpha value is -3.55. The molecule has 5 rings (SSSR count). The minimum atomic E-state index is -0.588. The summed E-state index contributed by atoms with van der Waals surface area (Å²) in [6.07, 6.45) is 0. The van der Waals surface area contributed by atoms with E-state index in [1.54, 1.807) is 12.1 Å². The van der Waals surface area contributed by atoms with Gasteiger partial charge in [0.15, 0.2) is 6.61 Å². The number of aromatic nitrogens is 1. The normalized spacial score (nSPS) is 10.9. The molecule has 7 heteroatoms. The van der Waals surface area contributed by atoms with Crippen molar-refractivity contribution in [3.63, 3.8) is 0 Å². The summed E-state index contributed by atoms with van der Waals surface area (Å²) in [5, 5.41) is 5.53. The number of benzene rings is 4. The van der Waals surface area contributed by atoms with Gasteiger partial charge in [0.25, 0.3) is 5.91 Å². The number of amides is 1. The predicted molar refractivity (Wildman–Crippen MR) is 145 cm³/mol. The van der Waals surface area contributed by atoms with Crippen LogP contribution in [-0.4, -0.2) is 23.5 Å². The van der Waals surface area contributed by atoms with E-state index < -0.39 is 18.5 Å². The molecule has 0 aliphatic carbocycles. The summed E-state index contributed by atoms with van der Waals surface area (Å²) in [5.41, 5.74) is 3.20. The van der Waals surface area contributed by atoms with Gasteiger partial charge in [-0.05, 0) is 57.0 Å². The number of pyridine rings is 1. The van der Waals surface area contributed by atoms with Crippen molar-refractivity contribution < 1.29 is 14.3 Å². The molecule has 1 amide bonds. The fourth-order valence-corrected chi connectivity index (χ4v) is 5.06. The number of rotatable bonds is 5. The van der Waals surface area contributed by atoms with Crippen LogP contribution in [0.5, 0.6) is 0 Å². The topological polar surface area (TPSA) is 68.3 Å². The third-order valence-corrected chi connectivity index (χ3v) is 6.69. The largest absolute Gasteiger partial charge is 0.452 e. The van der Waals surface area contributed by atoms with Gasteiger partial charge in [-0.15, -0.1) is 0 Å². The molecule has 1 N–H and O–H groups in total. The Morgan fingerprint density at radius 2 is 1.57 bits per heavy atom. The van der Waals surface area contributed by atoms with E-state index >= 15 is 0 Å². The third kappa shape index (κ3) is 4.97. The van der Waals surface area contributed by atoms with Crippen molar-refractivity contribution in [3.05, 3.63) is 106 Å². The average molecular weight is 590 g/mol. The summed E-state index contributed by atoms with van der Waals surface area (Å²) in [4.78, 5) is 30.4. The van der Waals surface area contributed by atoms with Gasteiger partial charge in [-0.2, -0.15) is 0 Å². The average Bonchev–Trinajstić information content (AvgIpc) is 2.88. The highest BCUT2D eigenvalue weighted by Crippen LogP contribution is 2.31. The molecule has 1 aromatic heterocycles. The molecule has 0 saturated heterocycles. The molecule has 0 spiro atoms. The minimum absolute atomic E-state index is 0.358. The molecule has 0 fully saturated rings. The lowest BCUT2D eigenvalue weighted by Gasteiger charge is -2.12.